The first kappa shape index (κ1) is 15.3. The Morgan fingerprint density at radius 3 is 2.57 bits per heavy atom. The van der Waals surface area contributed by atoms with Gasteiger partial charge in [0.05, 0.1) is 12.1 Å². The maximum absolute atomic E-state index is 13.2. The average molecular weight is 300 g/mol. The molecular formula is C14H12F4N2O. The molecule has 0 spiro atoms. The number of amides is 1. The summed E-state index contributed by atoms with van der Waals surface area (Å²) in [6.45, 7) is 0.0188. The van der Waals surface area contributed by atoms with Gasteiger partial charge in [-0.3, -0.25) is 4.79 Å². The fourth-order valence-electron chi connectivity index (χ4n) is 1.85. The van der Waals surface area contributed by atoms with E-state index in [4.69, 9.17) is 5.73 Å². The zero-order valence-corrected chi connectivity index (χ0v) is 10.9. The molecule has 1 fully saturated rings. The Morgan fingerprint density at radius 1 is 1.38 bits per heavy atom. The summed E-state index contributed by atoms with van der Waals surface area (Å²) in [5.41, 5.74) is 2.91. The normalized spacial score (nSPS) is 15.9. The molecule has 0 unspecified atom stereocenters. The van der Waals surface area contributed by atoms with Crippen LogP contribution in [0.1, 0.15) is 28.8 Å². The van der Waals surface area contributed by atoms with Crippen LogP contribution in [0.5, 0.6) is 0 Å². The van der Waals surface area contributed by atoms with Crippen molar-refractivity contribution in [3.8, 4) is 11.8 Å². The van der Waals surface area contributed by atoms with Gasteiger partial charge in [0.15, 0.2) is 0 Å². The number of alkyl halides is 3. The van der Waals surface area contributed by atoms with Crippen LogP contribution in [0.4, 0.5) is 17.6 Å². The van der Waals surface area contributed by atoms with Gasteiger partial charge in [0.1, 0.15) is 11.4 Å². The highest BCUT2D eigenvalue weighted by Gasteiger charge is 2.64. The topological polar surface area (TPSA) is 55.1 Å². The molecule has 0 saturated heterocycles. The number of hydrogen-bond acceptors (Lipinski definition) is 2. The number of rotatable bonds is 2. The number of hydrogen-bond donors (Lipinski definition) is 2. The Labute approximate surface area is 118 Å². The molecule has 7 heteroatoms. The molecule has 1 saturated carbocycles. The highest BCUT2D eigenvalue weighted by atomic mass is 19.4. The summed E-state index contributed by atoms with van der Waals surface area (Å²) in [5, 5.41) is 1.94. The first-order valence-electron chi connectivity index (χ1n) is 6.17. The van der Waals surface area contributed by atoms with Crippen LogP contribution in [-0.4, -0.2) is 24.2 Å². The van der Waals surface area contributed by atoms with E-state index in [1.165, 1.54) is 6.07 Å². The average Bonchev–Trinajstić information content (AvgIpc) is 3.17. The molecule has 1 aliphatic rings. The van der Waals surface area contributed by atoms with Crippen molar-refractivity contribution in [3.63, 3.8) is 0 Å². The molecule has 21 heavy (non-hydrogen) atoms. The van der Waals surface area contributed by atoms with Gasteiger partial charge in [0.25, 0.3) is 5.91 Å². The molecular weight excluding hydrogens is 288 g/mol. The van der Waals surface area contributed by atoms with E-state index in [0.29, 0.717) is 0 Å². The summed E-state index contributed by atoms with van der Waals surface area (Å²) >= 11 is 0. The zero-order valence-electron chi connectivity index (χ0n) is 10.9. The second-order valence-electron chi connectivity index (χ2n) is 4.73. The summed E-state index contributed by atoms with van der Waals surface area (Å²) in [6.07, 6.45) is -4.89. The second kappa shape index (κ2) is 5.37. The third-order valence-corrected chi connectivity index (χ3v) is 3.20. The maximum Gasteiger partial charge on any atom is 0.411 e. The van der Waals surface area contributed by atoms with Crippen LogP contribution in [0, 0.1) is 17.7 Å². The quantitative estimate of drug-likeness (QED) is 0.648. The van der Waals surface area contributed by atoms with E-state index >= 15 is 0 Å². The van der Waals surface area contributed by atoms with Crippen molar-refractivity contribution < 1.29 is 22.4 Å². The molecule has 2 rings (SSSR count). The maximum atomic E-state index is 13.2. The highest BCUT2D eigenvalue weighted by Crippen LogP contribution is 2.49. The van der Waals surface area contributed by atoms with Gasteiger partial charge < -0.3 is 11.1 Å². The first-order chi connectivity index (χ1) is 9.79. The van der Waals surface area contributed by atoms with E-state index in [0.717, 1.165) is 12.1 Å². The molecule has 1 amide bonds. The summed E-state index contributed by atoms with van der Waals surface area (Å²) in [4.78, 5) is 12.0. The van der Waals surface area contributed by atoms with Crippen LogP contribution in [0.3, 0.4) is 0 Å². The minimum atomic E-state index is -4.53. The lowest BCUT2D eigenvalue weighted by Gasteiger charge is -2.21. The Bertz CT molecular complexity index is 624. The lowest BCUT2D eigenvalue weighted by Crippen LogP contribution is -2.48. The summed E-state index contributed by atoms with van der Waals surface area (Å²) in [7, 11) is 0. The minimum Gasteiger partial charge on any atom is -0.338 e. The molecule has 0 radical (unpaired) electrons. The largest absolute Gasteiger partial charge is 0.411 e. The van der Waals surface area contributed by atoms with Crippen LogP contribution in [-0.2, 0) is 0 Å². The van der Waals surface area contributed by atoms with Gasteiger partial charge in [-0.05, 0) is 31.0 Å². The molecule has 1 aliphatic carbocycles. The fraction of sp³-hybridized carbons (Fsp3) is 0.357. The predicted octanol–water partition coefficient (Wildman–Crippen LogP) is 1.96. The van der Waals surface area contributed by atoms with Crippen molar-refractivity contribution in [2.24, 2.45) is 5.73 Å². The molecule has 0 aliphatic heterocycles. The fourth-order valence-corrected chi connectivity index (χ4v) is 1.85. The third-order valence-electron chi connectivity index (χ3n) is 3.20. The number of nitrogens with one attached hydrogen (secondary N) is 1. The molecule has 112 valence electrons. The van der Waals surface area contributed by atoms with E-state index in [1.807, 2.05) is 5.32 Å². The Morgan fingerprint density at radius 2 is 2.05 bits per heavy atom. The van der Waals surface area contributed by atoms with Crippen molar-refractivity contribution in [2.45, 2.75) is 24.6 Å². The number of benzene rings is 1. The van der Waals surface area contributed by atoms with Gasteiger partial charge >= 0.3 is 6.18 Å². The second-order valence-corrected chi connectivity index (χ2v) is 4.73. The number of nitrogens with two attached hydrogens (primary N) is 1. The zero-order chi connectivity index (χ0) is 15.7. The highest BCUT2D eigenvalue weighted by molar-refractivity contribution is 5.97. The van der Waals surface area contributed by atoms with Crippen LogP contribution >= 0.6 is 0 Å². The molecule has 0 aromatic heterocycles. The van der Waals surface area contributed by atoms with Crippen molar-refractivity contribution in [1.82, 2.24) is 5.32 Å². The van der Waals surface area contributed by atoms with Gasteiger partial charge in [0, 0.05) is 5.56 Å². The standard InChI is InChI=1S/C14H12F4N2O/c15-10-4-3-9(2-1-7-19)11(8-10)12(21)20-13(5-6-13)14(16,17)18/h3-4,8H,5-7,19H2,(H,20,21). The molecule has 0 heterocycles. The van der Waals surface area contributed by atoms with Gasteiger partial charge in [-0.1, -0.05) is 11.8 Å². The van der Waals surface area contributed by atoms with Crippen LogP contribution in [0.15, 0.2) is 18.2 Å². The van der Waals surface area contributed by atoms with Gasteiger partial charge in [-0.25, -0.2) is 4.39 Å². The Kier molecular flexibility index (Phi) is 3.92. The molecule has 3 nitrogen and oxygen atoms in total. The summed E-state index contributed by atoms with van der Waals surface area (Å²) in [5.74, 6) is 3.30. The molecule has 1 aromatic rings. The molecule has 1 aromatic carbocycles. The minimum absolute atomic E-state index is 0.0188. The number of carbonyl (C=O) groups excluding carboxylic acids is 1. The van der Waals surface area contributed by atoms with E-state index in [-0.39, 0.29) is 30.5 Å². The summed E-state index contributed by atoms with van der Waals surface area (Å²) in [6, 6.07) is 3.18. The van der Waals surface area contributed by atoms with E-state index in [9.17, 15) is 22.4 Å². The van der Waals surface area contributed by atoms with Gasteiger partial charge in [-0.15, -0.1) is 0 Å². The molecule has 0 atom stereocenters. The Balaban J connectivity index is 2.29. The lowest BCUT2D eigenvalue weighted by molar-refractivity contribution is -0.163. The van der Waals surface area contributed by atoms with E-state index < -0.39 is 23.4 Å². The lowest BCUT2D eigenvalue weighted by atomic mass is 10.1. The van der Waals surface area contributed by atoms with Gasteiger partial charge in [-0.2, -0.15) is 13.2 Å². The van der Waals surface area contributed by atoms with Crippen molar-refractivity contribution in [1.29, 1.82) is 0 Å². The molecule has 3 N–H and O–H groups in total. The third kappa shape index (κ3) is 3.16. The van der Waals surface area contributed by atoms with Crippen molar-refractivity contribution >= 4 is 5.91 Å². The van der Waals surface area contributed by atoms with Gasteiger partial charge in [0.2, 0.25) is 0 Å². The SMILES string of the molecule is NCC#Cc1ccc(F)cc1C(=O)NC1(C(F)(F)F)CC1. The van der Waals surface area contributed by atoms with Crippen molar-refractivity contribution in [2.75, 3.05) is 6.54 Å². The van der Waals surface area contributed by atoms with E-state index in [1.54, 1.807) is 0 Å². The van der Waals surface area contributed by atoms with Crippen LogP contribution in [0.2, 0.25) is 0 Å². The van der Waals surface area contributed by atoms with Crippen LogP contribution in [0.25, 0.3) is 0 Å². The molecule has 0 bridgehead atoms. The first-order valence-corrected chi connectivity index (χ1v) is 6.17. The van der Waals surface area contributed by atoms with Crippen LogP contribution < -0.4 is 11.1 Å². The monoisotopic (exact) mass is 300 g/mol. The number of halogens is 4. The smallest absolute Gasteiger partial charge is 0.338 e. The Hall–Kier alpha value is -2.07. The summed E-state index contributed by atoms with van der Waals surface area (Å²) < 4.78 is 51.7. The van der Waals surface area contributed by atoms with E-state index in [2.05, 4.69) is 11.8 Å². The number of carbonyl (C=O) groups is 1. The predicted molar refractivity (Wildman–Crippen MR) is 67.8 cm³/mol. The van der Waals surface area contributed by atoms with Crippen molar-refractivity contribution in [3.05, 3.63) is 35.1 Å².